The number of nitrogens with zero attached hydrogens (tertiary/aromatic N) is 1. The first-order valence-electron chi connectivity index (χ1n) is 10.7. The number of likely N-dealkylation sites (tertiary alicyclic amines) is 1. The summed E-state index contributed by atoms with van der Waals surface area (Å²) in [4.78, 5) is 15.2. The third-order valence-corrected chi connectivity index (χ3v) is 7.24. The highest BCUT2D eigenvalue weighted by molar-refractivity contribution is 7.89. The van der Waals surface area contributed by atoms with Crippen molar-refractivity contribution in [2.24, 2.45) is 0 Å². The maximum absolute atomic E-state index is 13.4. The van der Waals surface area contributed by atoms with Crippen molar-refractivity contribution in [2.45, 2.75) is 43.7 Å². The van der Waals surface area contributed by atoms with Crippen LogP contribution in [0.4, 0.5) is 0 Å². The van der Waals surface area contributed by atoms with Crippen LogP contribution in [0.2, 0.25) is 0 Å². The van der Waals surface area contributed by atoms with Crippen LogP contribution in [-0.2, 0) is 10.0 Å². The zero-order valence-electron chi connectivity index (χ0n) is 18.5. The lowest BCUT2D eigenvalue weighted by atomic mass is 10.0. The van der Waals surface area contributed by atoms with Gasteiger partial charge >= 0.3 is 0 Å². The Morgan fingerprint density at radius 3 is 2.59 bits per heavy atom. The van der Waals surface area contributed by atoms with Crippen molar-refractivity contribution >= 4 is 15.9 Å². The molecule has 2 heterocycles. The van der Waals surface area contributed by atoms with E-state index >= 15 is 0 Å². The Morgan fingerprint density at radius 1 is 1.12 bits per heavy atom. The van der Waals surface area contributed by atoms with Crippen molar-refractivity contribution in [3.63, 3.8) is 0 Å². The molecule has 2 aliphatic heterocycles. The van der Waals surface area contributed by atoms with Gasteiger partial charge < -0.3 is 19.1 Å². The van der Waals surface area contributed by atoms with Crippen LogP contribution in [-0.4, -0.2) is 52.1 Å². The molecule has 1 N–H and O–H groups in total. The second kappa shape index (κ2) is 8.99. The van der Waals surface area contributed by atoms with E-state index in [2.05, 4.69) is 4.72 Å². The molecule has 0 bridgehead atoms. The van der Waals surface area contributed by atoms with E-state index in [1.54, 1.807) is 24.8 Å². The standard InChI is InChI=1S/C23H28N2O6S/c1-15(2)24-32(27,28)22-14-17(7-9-20(22)29-3)23(26)25-10-4-5-18(25)16-6-8-19-21(13-16)31-12-11-30-19/h6-9,13-15,18,24H,4-5,10-12H2,1-3H3. The first-order valence-corrected chi connectivity index (χ1v) is 12.2. The van der Waals surface area contributed by atoms with E-state index in [-0.39, 0.29) is 28.6 Å². The summed E-state index contributed by atoms with van der Waals surface area (Å²) in [7, 11) is -2.43. The molecule has 0 radical (unpaired) electrons. The number of fused-ring (bicyclic) bond motifs is 1. The molecule has 2 aliphatic rings. The second-order valence-corrected chi connectivity index (χ2v) is 9.88. The number of hydrogen-bond donors (Lipinski definition) is 1. The molecule has 0 spiro atoms. The summed E-state index contributed by atoms with van der Waals surface area (Å²) in [6, 6.07) is 9.88. The number of sulfonamides is 1. The number of methoxy groups -OCH3 is 1. The van der Waals surface area contributed by atoms with Crippen LogP contribution in [0.15, 0.2) is 41.3 Å². The largest absolute Gasteiger partial charge is 0.495 e. The summed E-state index contributed by atoms with van der Waals surface area (Å²) in [6.07, 6.45) is 1.68. The predicted molar refractivity (Wildman–Crippen MR) is 119 cm³/mol. The topological polar surface area (TPSA) is 94.2 Å². The van der Waals surface area contributed by atoms with Gasteiger partial charge in [-0.25, -0.2) is 13.1 Å². The number of hydrogen-bond acceptors (Lipinski definition) is 6. The summed E-state index contributed by atoms with van der Waals surface area (Å²) >= 11 is 0. The van der Waals surface area contributed by atoms with Gasteiger partial charge in [0.1, 0.15) is 23.9 Å². The molecule has 1 saturated heterocycles. The molecule has 4 rings (SSSR count). The monoisotopic (exact) mass is 460 g/mol. The quantitative estimate of drug-likeness (QED) is 0.712. The number of carbonyl (C=O) groups excluding carboxylic acids is 1. The van der Waals surface area contributed by atoms with Gasteiger partial charge in [-0.3, -0.25) is 4.79 Å². The Balaban J connectivity index is 1.64. The third-order valence-electron chi connectivity index (χ3n) is 5.56. The molecule has 1 atom stereocenters. The fourth-order valence-corrected chi connectivity index (χ4v) is 5.63. The van der Waals surface area contributed by atoms with Gasteiger partial charge in [0.25, 0.3) is 5.91 Å². The van der Waals surface area contributed by atoms with Gasteiger partial charge in [0.05, 0.1) is 13.2 Å². The van der Waals surface area contributed by atoms with Crippen LogP contribution in [0.5, 0.6) is 17.2 Å². The zero-order chi connectivity index (χ0) is 22.9. The molecule has 2 aromatic rings. The van der Waals surface area contributed by atoms with Gasteiger partial charge in [-0.2, -0.15) is 0 Å². The van der Waals surface area contributed by atoms with E-state index in [0.29, 0.717) is 36.8 Å². The Bertz CT molecular complexity index is 1120. The Hall–Kier alpha value is -2.78. The van der Waals surface area contributed by atoms with Crippen LogP contribution in [0, 0.1) is 0 Å². The fraction of sp³-hybridized carbons (Fsp3) is 0.435. The lowest BCUT2D eigenvalue weighted by Gasteiger charge is -2.27. The summed E-state index contributed by atoms with van der Waals surface area (Å²) in [6.45, 7) is 5.09. The molecule has 0 saturated carbocycles. The third kappa shape index (κ3) is 4.40. The van der Waals surface area contributed by atoms with Crippen LogP contribution in [0.25, 0.3) is 0 Å². The van der Waals surface area contributed by atoms with Crippen molar-refractivity contribution in [3.05, 3.63) is 47.5 Å². The summed E-state index contributed by atoms with van der Waals surface area (Å²) in [5, 5.41) is 0. The second-order valence-electron chi connectivity index (χ2n) is 8.20. The lowest BCUT2D eigenvalue weighted by Crippen LogP contribution is -2.32. The number of amides is 1. The van der Waals surface area contributed by atoms with Crippen molar-refractivity contribution in [1.29, 1.82) is 0 Å². The molecular formula is C23H28N2O6S. The lowest BCUT2D eigenvalue weighted by molar-refractivity contribution is 0.0735. The van der Waals surface area contributed by atoms with Crippen LogP contribution >= 0.6 is 0 Å². The first-order chi connectivity index (χ1) is 15.3. The molecule has 9 heteroatoms. The van der Waals surface area contributed by atoms with Crippen LogP contribution < -0.4 is 18.9 Å². The maximum Gasteiger partial charge on any atom is 0.254 e. The number of carbonyl (C=O) groups is 1. The molecule has 1 amide bonds. The van der Waals surface area contributed by atoms with Gasteiger partial charge in [0.15, 0.2) is 11.5 Å². The zero-order valence-corrected chi connectivity index (χ0v) is 19.3. The van der Waals surface area contributed by atoms with Gasteiger partial charge in [-0.1, -0.05) is 6.07 Å². The van der Waals surface area contributed by atoms with Gasteiger partial charge in [-0.05, 0) is 62.6 Å². The molecule has 1 unspecified atom stereocenters. The van der Waals surface area contributed by atoms with Gasteiger partial charge in [0, 0.05) is 18.2 Å². The van der Waals surface area contributed by atoms with E-state index in [4.69, 9.17) is 14.2 Å². The van der Waals surface area contributed by atoms with E-state index in [1.165, 1.54) is 19.2 Å². The molecule has 0 aromatic heterocycles. The Kier molecular flexibility index (Phi) is 6.30. The maximum atomic E-state index is 13.4. The predicted octanol–water partition coefficient (Wildman–Crippen LogP) is 3.13. The van der Waals surface area contributed by atoms with Crippen molar-refractivity contribution < 1.29 is 27.4 Å². The average molecular weight is 461 g/mol. The van der Waals surface area contributed by atoms with E-state index in [1.807, 2.05) is 18.2 Å². The van der Waals surface area contributed by atoms with E-state index in [9.17, 15) is 13.2 Å². The molecular weight excluding hydrogens is 432 g/mol. The summed E-state index contributed by atoms with van der Waals surface area (Å²) in [5.41, 5.74) is 1.28. The highest BCUT2D eigenvalue weighted by Gasteiger charge is 2.32. The van der Waals surface area contributed by atoms with Crippen LogP contribution in [0.3, 0.4) is 0 Å². The molecule has 1 fully saturated rings. The highest BCUT2D eigenvalue weighted by Crippen LogP contribution is 2.39. The fourth-order valence-electron chi connectivity index (χ4n) is 4.18. The number of benzene rings is 2. The van der Waals surface area contributed by atoms with Gasteiger partial charge in [-0.15, -0.1) is 0 Å². The van der Waals surface area contributed by atoms with Crippen molar-refractivity contribution in [3.8, 4) is 17.2 Å². The minimum absolute atomic E-state index is 0.0466. The highest BCUT2D eigenvalue weighted by atomic mass is 32.2. The van der Waals surface area contributed by atoms with Crippen LogP contribution in [0.1, 0.15) is 48.7 Å². The summed E-state index contributed by atoms with van der Waals surface area (Å²) in [5.74, 6) is 1.37. The first kappa shape index (κ1) is 22.4. The number of ether oxygens (including phenoxy) is 3. The van der Waals surface area contributed by atoms with Crippen molar-refractivity contribution in [1.82, 2.24) is 9.62 Å². The van der Waals surface area contributed by atoms with E-state index in [0.717, 1.165) is 18.4 Å². The van der Waals surface area contributed by atoms with Crippen molar-refractivity contribution in [2.75, 3.05) is 26.9 Å². The van der Waals surface area contributed by atoms with Gasteiger partial charge in [0.2, 0.25) is 10.0 Å². The minimum atomic E-state index is -3.83. The molecule has 172 valence electrons. The Morgan fingerprint density at radius 2 is 1.88 bits per heavy atom. The summed E-state index contributed by atoms with van der Waals surface area (Å²) < 4.78 is 44.7. The normalized spacial score (nSPS) is 18.1. The molecule has 32 heavy (non-hydrogen) atoms. The smallest absolute Gasteiger partial charge is 0.254 e. The molecule has 2 aromatic carbocycles. The number of rotatable bonds is 6. The molecule has 0 aliphatic carbocycles. The average Bonchev–Trinajstić information content (AvgIpc) is 3.27. The van der Waals surface area contributed by atoms with E-state index < -0.39 is 10.0 Å². The number of nitrogens with one attached hydrogen (secondary N) is 1. The SMILES string of the molecule is COc1ccc(C(=O)N2CCCC2c2ccc3c(c2)OCCO3)cc1S(=O)(=O)NC(C)C. The minimum Gasteiger partial charge on any atom is -0.495 e. The Labute approximate surface area is 188 Å². The molecule has 8 nitrogen and oxygen atoms in total.